The second kappa shape index (κ2) is 6.73. The average Bonchev–Trinajstić information content (AvgIpc) is 2.55. The molecule has 0 saturated heterocycles. The number of carbonyl (C=O) groups is 1. The summed E-state index contributed by atoms with van der Waals surface area (Å²) in [6, 6.07) is 6.53. The van der Waals surface area contributed by atoms with Gasteiger partial charge in [0.1, 0.15) is 11.6 Å². The minimum absolute atomic E-state index is 0.0597. The van der Waals surface area contributed by atoms with Gasteiger partial charge in [-0.25, -0.2) is 13.2 Å². The summed E-state index contributed by atoms with van der Waals surface area (Å²) < 4.78 is 44.8. The van der Waals surface area contributed by atoms with E-state index in [9.17, 15) is 18.0 Å². The lowest BCUT2D eigenvalue weighted by molar-refractivity contribution is 0.0738. The van der Waals surface area contributed by atoms with Crippen LogP contribution in [-0.2, 0) is 0 Å². The van der Waals surface area contributed by atoms with E-state index in [1.165, 1.54) is 37.3 Å². The Morgan fingerprint density at radius 3 is 2.39 bits per heavy atom. The van der Waals surface area contributed by atoms with E-state index < -0.39 is 29.4 Å². The molecule has 1 atom stereocenters. The number of carbonyl (C=O) groups excluding carboxylic acids is 1. The van der Waals surface area contributed by atoms with Crippen LogP contribution in [0, 0.1) is 17.5 Å². The SMILES string of the molecule is COc1ccc(F)cc1C(=O)N(C)C(C)c1ccc(F)c(F)c1. The molecule has 6 heteroatoms. The highest BCUT2D eigenvalue weighted by molar-refractivity contribution is 5.97. The molecule has 0 aliphatic heterocycles. The van der Waals surface area contributed by atoms with E-state index >= 15 is 0 Å². The highest BCUT2D eigenvalue weighted by Crippen LogP contribution is 2.26. The van der Waals surface area contributed by atoms with Gasteiger partial charge in [0.05, 0.1) is 18.7 Å². The van der Waals surface area contributed by atoms with Gasteiger partial charge >= 0.3 is 0 Å². The first-order valence-electron chi connectivity index (χ1n) is 6.90. The van der Waals surface area contributed by atoms with Crippen molar-refractivity contribution in [3.63, 3.8) is 0 Å². The summed E-state index contributed by atoms with van der Waals surface area (Å²) in [5.74, 6) is -2.76. The van der Waals surface area contributed by atoms with Crippen LogP contribution in [0.15, 0.2) is 36.4 Å². The zero-order chi connectivity index (χ0) is 17.1. The molecule has 0 N–H and O–H groups in total. The highest BCUT2D eigenvalue weighted by atomic mass is 19.2. The van der Waals surface area contributed by atoms with Crippen LogP contribution in [0.2, 0.25) is 0 Å². The van der Waals surface area contributed by atoms with Gasteiger partial charge < -0.3 is 9.64 Å². The fourth-order valence-corrected chi connectivity index (χ4v) is 2.21. The number of amides is 1. The molecule has 0 aliphatic carbocycles. The molecule has 23 heavy (non-hydrogen) atoms. The van der Waals surface area contributed by atoms with Gasteiger partial charge in [0, 0.05) is 7.05 Å². The largest absolute Gasteiger partial charge is 0.496 e. The Morgan fingerprint density at radius 1 is 1.09 bits per heavy atom. The molecule has 122 valence electrons. The summed E-state index contributed by atoms with van der Waals surface area (Å²) >= 11 is 0. The lowest BCUT2D eigenvalue weighted by Crippen LogP contribution is -2.30. The summed E-state index contributed by atoms with van der Waals surface area (Å²) in [5.41, 5.74) is 0.486. The van der Waals surface area contributed by atoms with Gasteiger partial charge in [-0.2, -0.15) is 0 Å². The number of halogens is 3. The van der Waals surface area contributed by atoms with Crippen molar-refractivity contribution < 1.29 is 22.7 Å². The van der Waals surface area contributed by atoms with E-state index in [4.69, 9.17) is 4.74 Å². The number of methoxy groups -OCH3 is 1. The van der Waals surface area contributed by atoms with E-state index in [-0.39, 0.29) is 11.3 Å². The molecular weight excluding hydrogens is 307 g/mol. The lowest BCUT2D eigenvalue weighted by atomic mass is 10.1. The van der Waals surface area contributed by atoms with Crippen molar-refractivity contribution in [2.24, 2.45) is 0 Å². The first kappa shape index (κ1) is 16.9. The maximum Gasteiger partial charge on any atom is 0.257 e. The molecule has 0 heterocycles. The topological polar surface area (TPSA) is 29.5 Å². The normalized spacial score (nSPS) is 11.9. The van der Waals surface area contributed by atoms with Crippen molar-refractivity contribution in [2.75, 3.05) is 14.2 Å². The van der Waals surface area contributed by atoms with E-state index in [2.05, 4.69) is 0 Å². The second-order valence-corrected chi connectivity index (χ2v) is 5.11. The van der Waals surface area contributed by atoms with Crippen molar-refractivity contribution in [2.45, 2.75) is 13.0 Å². The number of ether oxygens (including phenoxy) is 1. The lowest BCUT2D eigenvalue weighted by Gasteiger charge is -2.26. The predicted molar refractivity (Wildman–Crippen MR) is 79.8 cm³/mol. The predicted octanol–water partition coefficient (Wildman–Crippen LogP) is 3.95. The minimum atomic E-state index is -0.987. The Morgan fingerprint density at radius 2 is 1.78 bits per heavy atom. The standard InChI is InChI=1S/C17H16F3NO2/c1-10(11-4-6-14(19)15(20)8-11)21(2)17(22)13-9-12(18)5-7-16(13)23-3/h4-10H,1-3H3. The smallest absolute Gasteiger partial charge is 0.257 e. The molecule has 0 radical (unpaired) electrons. The molecule has 0 saturated carbocycles. The molecule has 0 aliphatic rings. The fraction of sp³-hybridized carbons (Fsp3) is 0.235. The van der Waals surface area contributed by atoms with Gasteiger partial charge in [0.15, 0.2) is 11.6 Å². The van der Waals surface area contributed by atoms with Gasteiger partial charge in [-0.15, -0.1) is 0 Å². The van der Waals surface area contributed by atoms with Crippen LogP contribution in [-0.4, -0.2) is 25.0 Å². The second-order valence-electron chi connectivity index (χ2n) is 5.11. The third-order valence-corrected chi connectivity index (χ3v) is 3.72. The first-order valence-corrected chi connectivity index (χ1v) is 6.90. The number of hydrogen-bond acceptors (Lipinski definition) is 2. The van der Waals surface area contributed by atoms with Gasteiger partial charge in [-0.05, 0) is 42.8 Å². The van der Waals surface area contributed by atoms with E-state index in [1.807, 2.05) is 0 Å². The molecule has 1 unspecified atom stereocenters. The average molecular weight is 323 g/mol. The van der Waals surface area contributed by atoms with Crippen LogP contribution < -0.4 is 4.74 Å². The summed E-state index contributed by atoms with van der Waals surface area (Å²) in [4.78, 5) is 13.9. The molecule has 0 fully saturated rings. The Bertz CT molecular complexity index is 734. The Hall–Kier alpha value is -2.50. The van der Waals surface area contributed by atoms with E-state index in [0.717, 1.165) is 18.2 Å². The molecule has 2 aromatic carbocycles. The Kier molecular flexibility index (Phi) is 4.93. The Balaban J connectivity index is 2.31. The van der Waals surface area contributed by atoms with Gasteiger partial charge in [0.2, 0.25) is 0 Å². The molecule has 0 bridgehead atoms. The van der Waals surface area contributed by atoms with Crippen LogP contribution in [0.25, 0.3) is 0 Å². The van der Waals surface area contributed by atoms with Crippen molar-refractivity contribution in [3.05, 3.63) is 65.0 Å². The van der Waals surface area contributed by atoms with Crippen LogP contribution in [0.3, 0.4) is 0 Å². The van der Waals surface area contributed by atoms with Crippen LogP contribution >= 0.6 is 0 Å². The van der Waals surface area contributed by atoms with Gasteiger partial charge in [0.25, 0.3) is 5.91 Å². The van der Waals surface area contributed by atoms with Crippen molar-refractivity contribution in [1.82, 2.24) is 4.90 Å². The number of hydrogen-bond donors (Lipinski definition) is 0. The summed E-state index contributed by atoms with van der Waals surface area (Å²) in [7, 11) is 2.88. The maximum absolute atomic E-state index is 13.4. The van der Waals surface area contributed by atoms with Crippen molar-refractivity contribution in [1.29, 1.82) is 0 Å². The molecule has 0 aromatic heterocycles. The van der Waals surface area contributed by atoms with Crippen molar-refractivity contribution >= 4 is 5.91 Å². The quantitative estimate of drug-likeness (QED) is 0.853. The molecular formula is C17H16F3NO2. The fourth-order valence-electron chi connectivity index (χ4n) is 2.21. The minimum Gasteiger partial charge on any atom is -0.496 e. The number of benzene rings is 2. The molecule has 0 spiro atoms. The number of rotatable bonds is 4. The summed E-state index contributed by atoms with van der Waals surface area (Å²) in [6.45, 7) is 1.66. The molecule has 2 rings (SSSR count). The summed E-state index contributed by atoms with van der Waals surface area (Å²) in [5, 5.41) is 0. The third-order valence-electron chi connectivity index (χ3n) is 3.72. The van der Waals surface area contributed by atoms with Crippen molar-refractivity contribution in [3.8, 4) is 5.75 Å². The van der Waals surface area contributed by atoms with Gasteiger partial charge in [-0.3, -0.25) is 4.79 Å². The zero-order valence-electron chi connectivity index (χ0n) is 12.9. The Labute approximate surface area is 132 Å². The molecule has 1 amide bonds. The molecule has 2 aromatic rings. The first-order chi connectivity index (χ1) is 10.8. The highest BCUT2D eigenvalue weighted by Gasteiger charge is 2.23. The van der Waals surface area contributed by atoms with E-state index in [1.54, 1.807) is 6.92 Å². The van der Waals surface area contributed by atoms with Crippen LogP contribution in [0.1, 0.15) is 28.9 Å². The van der Waals surface area contributed by atoms with E-state index in [0.29, 0.717) is 5.56 Å². The maximum atomic E-state index is 13.4. The van der Waals surface area contributed by atoms with Crippen LogP contribution in [0.4, 0.5) is 13.2 Å². The van der Waals surface area contributed by atoms with Gasteiger partial charge in [-0.1, -0.05) is 6.07 Å². The monoisotopic (exact) mass is 323 g/mol. The molecule has 3 nitrogen and oxygen atoms in total. The zero-order valence-corrected chi connectivity index (χ0v) is 12.9. The number of nitrogens with zero attached hydrogens (tertiary/aromatic N) is 1. The third kappa shape index (κ3) is 3.47. The van der Waals surface area contributed by atoms with Crippen LogP contribution in [0.5, 0.6) is 5.75 Å². The summed E-state index contributed by atoms with van der Waals surface area (Å²) in [6.07, 6.45) is 0.